The van der Waals surface area contributed by atoms with Crippen LogP contribution in [0.1, 0.15) is 48.2 Å². The standard InChI is InChI=1S/C21H25ClN6S/c1-13-17-18(15-7-9-16(22)10-8-15)23-21(3,11-6-12-27(4)5)20-25-24-14(2)28(20)19(17)29-26-13/h7-10H,6,11-12H2,1-5H3. The zero-order valence-corrected chi connectivity index (χ0v) is 19.0. The summed E-state index contributed by atoms with van der Waals surface area (Å²) < 4.78 is 6.78. The SMILES string of the molecule is Cc1nsc2c1C(c1ccc(Cl)cc1)=NC(C)(CCCN(C)C)c1nnc(C)n1-2. The van der Waals surface area contributed by atoms with E-state index in [0.29, 0.717) is 5.02 Å². The van der Waals surface area contributed by atoms with Crippen LogP contribution in [0.4, 0.5) is 0 Å². The van der Waals surface area contributed by atoms with E-state index >= 15 is 0 Å². The van der Waals surface area contributed by atoms with Gasteiger partial charge in [0.05, 0.1) is 17.0 Å². The van der Waals surface area contributed by atoms with Gasteiger partial charge in [0.15, 0.2) is 5.82 Å². The Labute approximate surface area is 180 Å². The first-order valence-corrected chi connectivity index (χ1v) is 10.9. The molecule has 4 rings (SSSR count). The first-order valence-electron chi connectivity index (χ1n) is 9.70. The molecule has 0 N–H and O–H groups in total. The predicted octanol–water partition coefficient (Wildman–Crippen LogP) is 4.40. The van der Waals surface area contributed by atoms with Crippen LogP contribution in [-0.2, 0) is 5.54 Å². The number of hydrogen-bond donors (Lipinski definition) is 0. The number of aliphatic imine (C=N–C) groups is 1. The molecule has 0 bridgehead atoms. The van der Waals surface area contributed by atoms with E-state index in [1.165, 1.54) is 11.5 Å². The van der Waals surface area contributed by atoms with Crippen LogP contribution in [0.3, 0.4) is 0 Å². The van der Waals surface area contributed by atoms with Crippen molar-refractivity contribution in [2.24, 2.45) is 4.99 Å². The van der Waals surface area contributed by atoms with Crippen LogP contribution in [0.2, 0.25) is 5.02 Å². The van der Waals surface area contributed by atoms with Crippen LogP contribution in [0.5, 0.6) is 0 Å². The van der Waals surface area contributed by atoms with E-state index in [1.54, 1.807) is 0 Å². The van der Waals surface area contributed by atoms with E-state index < -0.39 is 5.54 Å². The third kappa shape index (κ3) is 3.63. The molecule has 0 spiro atoms. The summed E-state index contributed by atoms with van der Waals surface area (Å²) in [6.45, 7) is 7.19. The highest BCUT2D eigenvalue weighted by Crippen LogP contribution is 2.39. The second-order valence-corrected chi connectivity index (χ2v) is 9.19. The van der Waals surface area contributed by atoms with Crippen molar-refractivity contribution in [3.63, 3.8) is 0 Å². The molecule has 1 aliphatic rings. The quantitative estimate of drug-likeness (QED) is 0.604. The number of benzene rings is 1. The van der Waals surface area contributed by atoms with E-state index in [4.69, 9.17) is 16.6 Å². The van der Waals surface area contributed by atoms with Gasteiger partial charge in [0.25, 0.3) is 0 Å². The van der Waals surface area contributed by atoms with E-state index in [9.17, 15) is 0 Å². The van der Waals surface area contributed by atoms with Gasteiger partial charge in [-0.25, -0.2) is 0 Å². The van der Waals surface area contributed by atoms with Gasteiger partial charge in [0.2, 0.25) is 0 Å². The molecule has 8 heteroatoms. The molecule has 0 amide bonds. The fraction of sp³-hybridized carbons (Fsp3) is 0.429. The molecule has 152 valence electrons. The fourth-order valence-corrected chi connectivity index (χ4v) is 4.89. The molecule has 1 aliphatic heterocycles. The fourth-order valence-electron chi connectivity index (χ4n) is 3.81. The van der Waals surface area contributed by atoms with E-state index in [2.05, 4.69) is 45.1 Å². The molecule has 0 aliphatic carbocycles. The monoisotopic (exact) mass is 428 g/mol. The molecule has 0 radical (unpaired) electrons. The Hall–Kier alpha value is -2.09. The lowest BCUT2D eigenvalue weighted by atomic mass is 9.94. The number of halogens is 1. The lowest BCUT2D eigenvalue weighted by Gasteiger charge is -2.25. The smallest absolute Gasteiger partial charge is 0.166 e. The number of rotatable bonds is 5. The van der Waals surface area contributed by atoms with Crippen LogP contribution < -0.4 is 0 Å². The molecular weight excluding hydrogens is 404 g/mol. The van der Waals surface area contributed by atoms with Crippen molar-refractivity contribution >= 4 is 28.8 Å². The molecule has 1 unspecified atom stereocenters. The van der Waals surface area contributed by atoms with E-state index in [0.717, 1.165) is 58.6 Å². The lowest BCUT2D eigenvalue weighted by Crippen LogP contribution is -2.26. The minimum Gasteiger partial charge on any atom is -0.309 e. The molecule has 2 aromatic heterocycles. The molecule has 3 aromatic rings. The summed E-state index contributed by atoms with van der Waals surface area (Å²) in [5, 5.41) is 10.7. The molecule has 0 saturated heterocycles. The zero-order valence-electron chi connectivity index (χ0n) is 17.4. The normalized spacial score (nSPS) is 18.4. The summed E-state index contributed by atoms with van der Waals surface area (Å²) in [7, 11) is 4.19. The van der Waals surface area contributed by atoms with Crippen molar-refractivity contribution in [1.29, 1.82) is 0 Å². The minimum absolute atomic E-state index is 0.489. The summed E-state index contributed by atoms with van der Waals surface area (Å²) in [4.78, 5) is 7.53. The summed E-state index contributed by atoms with van der Waals surface area (Å²) in [5.74, 6) is 1.74. The molecule has 29 heavy (non-hydrogen) atoms. The van der Waals surface area contributed by atoms with Crippen LogP contribution in [0.25, 0.3) is 5.00 Å². The van der Waals surface area contributed by atoms with Gasteiger partial charge in [0, 0.05) is 10.6 Å². The zero-order chi connectivity index (χ0) is 20.8. The van der Waals surface area contributed by atoms with Crippen molar-refractivity contribution < 1.29 is 0 Å². The van der Waals surface area contributed by atoms with Gasteiger partial charge >= 0.3 is 0 Å². The number of aromatic nitrogens is 4. The Bertz CT molecular complexity index is 1070. The number of aryl methyl sites for hydroxylation is 2. The first-order chi connectivity index (χ1) is 13.8. The lowest BCUT2D eigenvalue weighted by molar-refractivity contribution is 0.344. The first kappa shape index (κ1) is 20.2. The molecule has 1 aromatic carbocycles. The number of fused-ring (bicyclic) bond motifs is 3. The van der Waals surface area contributed by atoms with Crippen molar-refractivity contribution in [2.45, 2.75) is 39.2 Å². The maximum atomic E-state index is 6.15. The Morgan fingerprint density at radius 1 is 1.14 bits per heavy atom. The van der Waals surface area contributed by atoms with Crippen molar-refractivity contribution in [3.8, 4) is 5.00 Å². The van der Waals surface area contributed by atoms with Crippen molar-refractivity contribution in [3.05, 3.63) is 57.8 Å². The largest absolute Gasteiger partial charge is 0.309 e. The second kappa shape index (κ2) is 7.63. The van der Waals surface area contributed by atoms with Crippen molar-refractivity contribution in [1.82, 2.24) is 24.0 Å². The Morgan fingerprint density at radius 3 is 2.55 bits per heavy atom. The highest BCUT2D eigenvalue weighted by molar-refractivity contribution is 7.09. The van der Waals surface area contributed by atoms with Gasteiger partial charge in [-0.2, -0.15) is 4.37 Å². The van der Waals surface area contributed by atoms with Gasteiger partial charge in [-0.3, -0.25) is 9.56 Å². The molecule has 6 nitrogen and oxygen atoms in total. The van der Waals surface area contributed by atoms with Gasteiger partial charge in [-0.15, -0.1) is 10.2 Å². The summed E-state index contributed by atoms with van der Waals surface area (Å²) in [5.41, 5.74) is 3.51. The third-order valence-corrected chi connectivity index (χ3v) is 6.51. The Kier molecular flexibility index (Phi) is 5.31. The summed E-state index contributed by atoms with van der Waals surface area (Å²) in [6.07, 6.45) is 1.89. The predicted molar refractivity (Wildman–Crippen MR) is 119 cm³/mol. The maximum Gasteiger partial charge on any atom is 0.166 e. The highest BCUT2D eigenvalue weighted by atomic mass is 35.5. The van der Waals surface area contributed by atoms with Gasteiger partial charge in [-0.1, -0.05) is 23.7 Å². The van der Waals surface area contributed by atoms with E-state index in [1.807, 2.05) is 38.1 Å². The van der Waals surface area contributed by atoms with Crippen LogP contribution in [-0.4, -0.2) is 50.4 Å². The van der Waals surface area contributed by atoms with Crippen LogP contribution in [0.15, 0.2) is 29.3 Å². The Balaban J connectivity index is 1.93. The highest BCUT2D eigenvalue weighted by Gasteiger charge is 2.38. The second-order valence-electron chi connectivity index (χ2n) is 8.00. The average Bonchev–Trinajstić information content (AvgIpc) is 3.20. The maximum absolute atomic E-state index is 6.15. The van der Waals surface area contributed by atoms with Crippen LogP contribution in [0, 0.1) is 13.8 Å². The topological polar surface area (TPSA) is 59.2 Å². The van der Waals surface area contributed by atoms with Gasteiger partial charge in [-0.05, 0) is 77.9 Å². The summed E-state index contributed by atoms with van der Waals surface area (Å²) in [6, 6.07) is 7.88. The molecule has 1 atom stereocenters. The minimum atomic E-state index is -0.489. The van der Waals surface area contributed by atoms with E-state index in [-0.39, 0.29) is 0 Å². The number of hydrogen-bond acceptors (Lipinski definition) is 6. The average molecular weight is 429 g/mol. The molecule has 3 heterocycles. The molecule has 0 saturated carbocycles. The van der Waals surface area contributed by atoms with Gasteiger partial charge < -0.3 is 4.90 Å². The number of nitrogens with zero attached hydrogens (tertiary/aromatic N) is 6. The Morgan fingerprint density at radius 2 is 1.86 bits per heavy atom. The molecule has 0 fully saturated rings. The van der Waals surface area contributed by atoms with Crippen molar-refractivity contribution in [2.75, 3.05) is 20.6 Å². The van der Waals surface area contributed by atoms with Gasteiger partial charge in [0.1, 0.15) is 16.4 Å². The third-order valence-electron chi connectivity index (χ3n) is 5.34. The van der Waals surface area contributed by atoms with Crippen LogP contribution >= 0.6 is 23.1 Å². The summed E-state index contributed by atoms with van der Waals surface area (Å²) >= 11 is 7.62. The molecular formula is C21H25ClN6S.